The topological polar surface area (TPSA) is 121 Å². The van der Waals surface area contributed by atoms with Gasteiger partial charge in [-0.2, -0.15) is 8.42 Å². The molecule has 1 aliphatic rings. The first kappa shape index (κ1) is 22.3. The molecule has 2 heterocycles. The SMILES string of the molecule is CNS(=O)(=O)Nc1cc(CN2CC(=O)N(c3ccc(OC(F)(F)F)cc3)C2=O)ccn1. The maximum Gasteiger partial charge on any atom is 0.573 e. The molecule has 10 nitrogen and oxygen atoms in total. The van der Waals surface area contributed by atoms with Crippen LogP contribution in [0.25, 0.3) is 0 Å². The molecular formula is C17H16F3N5O5S. The van der Waals surface area contributed by atoms with E-state index in [1.807, 2.05) is 0 Å². The van der Waals surface area contributed by atoms with Gasteiger partial charge in [0.1, 0.15) is 18.1 Å². The van der Waals surface area contributed by atoms with Gasteiger partial charge in [-0.3, -0.25) is 9.52 Å². The van der Waals surface area contributed by atoms with E-state index >= 15 is 0 Å². The first-order valence-corrected chi connectivity index (χ1v) is 10.1. The number of carbonyl (C=O) groups excluding carboxylic acids is 2. The van der Waals surface area contributed by atoms with Crippen molar-refractivity contribution in [3.8, 4) is 5.75 Å². The van der Waals surface area contributed by atoms with Crippen molar-refractivity contribution in [2.45, 2.75) is 12.9 Å². The lowest BCUT2D eigenvalue weighted by Gasteiger charge is -2.18. The number of nitrogens with zero attached hydrogens (tertiary/aromatic N) is 3. The van der Waals surface area contributed by atoms with Crippen LogP contribution < -0.4 is 19.1 Å². The van der Waals surface area contributed by atoms with Crippen LogP contribution in [0.5, 0.6) is 5.75 Å². The molecule has 0 unspecified atom stereocenters. The number of imide groups is 1. The van der Waals surface area contributed by atoms with Crippen LogP contribution in [0.3, 0.4) is 0 Å². The van der Waals surface area contributed by atoms with Gasteiger partial charge in [0.25, 0.3) is 16.1 Å². The molecule has 1 aromatic heterocycles. The third-order valence-electron chi connectivity index (χ3n) is 4.07. The Labute approximate surface area is 174 Å². The summed E-state index contributed by atoms with van der Waals surface area (Å²) in [5.41, 5.74) is 0.588. The number of benzene rings is 1. The average molecular weight is 459 g/mol. The fraction of sp³-hybridized carbons (Fsp3) is 0.235. The third kappa shape index (κ3) is 5.61. The van der Waals surface area contributed by atoms with E-state index in [2.05, 4.69) is 19.2 Å². The smallest absolute Gasteiger partial charge is 0.406 e. The van der Waals surface area contributed by atoms with Crippen molar-refractivity contribution < 1.29 is 35.9 Å². The summed E-state index contributed by atoms with van der Waals surface area (Å²) in [6.07, 6.45) is -3.52. The molecule has 0 atom stereocenters. The highest BCUT2D eigenvalue weighted by Crippen LogP contribution is 2.28. The zero-order valence-corrected chi connectivity index (χ0v) is 16.7. The standard InChI is InChI=1S/C17H16F3N5O5S/c1-21-31(28,29)23-14-8-11(6-7-22-14)9-24-10-15(26)25(16(24)27)12-2-4-13(5-3-12)30-17(18,19)20/h2-8,21H,9-10H2,1H3,(H,22,23). The Kier molecular flexibility index (Phi) is 6.03. The number of halogens is 3. The Morgan fingerprint density at radius 3 is 2.45 bits per heavy atom. The number of nitrogens with one attached hydrogen (secondary N) is 2. The monoisotopic (exact) mass is 459 g/mol. The fourth-order valence-corrected chi connectivity index (χ4v) is 3.25. The van der Waals surface area contributed by atoms with Crippen LogP contribution in [0.1, 0.15) is 5.56 Å². The van der Waals surface area contributed by atoms with Gasteiger partial charge in [0.2, 0.25) is 0 Å². The van der Waals surface area contributed by atoms with E-state index in [4.69, 9.17) is 0 Å². The van der Waals surface area contributed by atoms with Crippen LogP contribution in [0.4, 0.5) is 29.5 Å². The van der Waals surface area contributed by atoms with E-state index in [1.165, 1.54) is 24.2 Å². The van der Waals surface area contributed by atoms with Crippen molar-refractivity contribution in [2.75, 3.05) is 23.2 Å². The van der Waals surface area contributed by atoms with Crippen molar-refractivity contribution >= 4 is 33.7 Å². The highest BCUT2D eigenvalue weighted by molar-refractivity contribution is 7.90. The lowest BCUT2D eigenvalue weighted by molar-refractivity contribution is -0.274. The van der Waals surface area contributed by atoms with Gasteiger partial charge in [0.15, 0.2) is 0 Å². The highest BCUT2D eigenvalue weighted by Gasteiger charge is 2.37. The zero-order valence-electron chi connectivity index (χ0n) is 15.9. The molecule has 1 fully saturated rings. The molecule has 166 valence electrons. The highest BCUT2D eigenvalue weighted by atomic mass is 32.2. The van der Waals surface area contributed by atoms with E-state index in [1.54, 1.807) is 6.07 Å². The van der Waals surface area contributed by atoms with E-state index in [9.17, 15) is 31.2 Å². The second kappa shape index (κ2) is 8.39. The number of hydrogen-bond donors (Lipinski definition) is 2. The Hall–Kier alpha value is -3.39. The van der Waals surface area contributed by atoms with Crippen molar-refractivity contribution in [1.29, 1.82) is 0 Å². The summed E-state index contributed by atoms with van der Waals surface area (Å²) in [7, 11) is -2.56. The molecule has 0 bridgehead atoms. The Balaban J connectivity index is 1.72. The van der Waals surface area contributed by atoms with E-state index in [-0.39, 0.29) is 24.6 Å². The Bertz CT molecular complexity index is 1090. The number of ether oxygens (including phenoxy) is 1. The maximum absolute atomic E-state index is 12.7. The maximum atomic E-state index is 12.7. The summed E-state index contributed by atoms with van der Waals surface area (Å²) >= 11 is 0. The zero-order chi connectivity index (χ0) is 22.8. The lowest BCUT2D eigenvalue weighted by Crippen LogP contribution is -2.32. The number of carbonyl (C=O) groups is 2. The first-order valence-electron chi connectivity index (χ1n) is 8.61. The van der Waals surface area contributed by atoms with Crippen LogP contribution in [0.2, 0.25) is 0 Å². The normalized spacial score (nSPS) is 14.8. The van der Waals surface area contributed by atoms with Crippen LogP contribution in [0.15, 0.2) is 42.6 Å². The minimum atomic E-state index is -4.86. The average Bonchev–Trinajstić information content (AvgIpc) is 2.94. The molecule has 0 radical (unpaired) electrons. The van der Waals surface area contributed by atoms with Gasteiger partial charge in [0.05, 0.1) is 5.69 Å². The minimum Gasteiger partial charge on any atom is -0.406 e. The molecule has 1 saturated heterocycles. The van der Waals surface area contributed by atoms with Crippen LogP contribution in [0, 0.1) is 0 Å². The summed E-state index contributed by atoms with van der Waals surface area (Å²) < 4.78 is 68.0. The minimum absolute atomic E-state index is 0.0157. The van der Waals surface area contributed by atoms with Crippen LogP contribution >= 0.6 is 0 Å². The number of amides is 3. The fourth-order valence-electron chi connectivity index (χ4n) is 2.76. The Morgan fingerprint density at radius 1 is 1.16 bits per heavy atom. The summed E-state index contributed by atoms with van der Waals surface area (Å²) in [5.74, 6) is -1.04. The summed E-state index contributed by atoms with van der Waals surface area (Å²) in [6, 6.07) is 6.59. The van der Waals surface area contributed by atoms with Crippen molar-refractivity contribution in [3.05, 3.63) is 48.2 Å². The number of urea groups is 1. The predicted molar refractivity (Wildman–Crippen MR) is 102 cm³/mol. The van der Waals surface area contributed by atoms with Crippen LogP contribution in [-0.4, -0.2) is 50.2 Å². The molecule has 2 N–H and O–H groups in total. The van der Waals surface area contributed by atoms with Gasteiger partial charge < -0.3 is 9.64 Å². The predicted octanol–water partition coefficient (Wildman–Crippen LogP) is 1.83. The molecule has 2 aromatic rings. The molecule has 0 aliphatic carbocycles. The third-order valence-corrected chi connectivity index (χ3v) is 5.09. The van der Waals surface area contributed by atoms with Crippen molar-refractivity contribution in [1.82, 2.24) is 14.6 Å². The number of anilines is 2. The lowest BCUT2D eigenvalue weighted by atomic mass is 10.2. The van der Waals surface area contributed by atoms with Gasteiger partial charge in [-0.25, -0.2) is 19.4 Å². The van der Waals surface area contributed by atoms with E-state index in [0.29, 0.717) is 5.56 Å². The van der Waals surface area contributed by atoms with E-state index < -0.39 is 34.3 Å². The number of alkyl halides is 3. The number of rotatable bonds is 7. The quantitative estimate of drug-likeness (QED) is 0.610. The second-order valence-electron chi connectivity index (χ2n) is 6.27. The van der Waals surface area contributed by atoms with Gasteiger partial charge in [0, 0.05) is 19.8 Å². The van der Waals surface area contributed by atoms with Gasteiger partial charge in [-0.15, -0.1) is 13.2 Å². The number of pyridine rings is 1. The van der Waals surface area contributed by atoms with Crippen LogP contribution in [-0.2, 0) is 21.5 Å². The number of aromatic nitrogens is 1. The summed E-state index contributed by atoms with van der Waals surface area (Å²) in [5, 5.41) is 0. The molecule has 0 spiro atoms. The van der Waals surface area contributed by atoms with Crippen molar-refractivity contribution in [2.24, 2.45) is 0 Å². The Morgan fingerprint density at radius 2 is 1.84 bits per heavy atom. The molecule has 0 saturated carbocycles. The molecule has 1 aromatic carbocycles. The summed E-state index contributed by atoms with van der Waals surface area (Å²) in [4.78, 5) is 30.9. The molecule has 3 amide bonds. The van der Waals surface area contributed by atoms with Crippen molar-refractivity contribution in [3.63, 3.8) is 0 Å². The van der Waals surface area contributed by atoms with Gasteiger partial charge in [-0.05, 0) is 42.0 Å². The molecule has 3 rings (SSSR count). The molecular weight excluding hydrogens is 443 g/mol. The first-order chi connectivity index (χ1) is 14.5. The van der Waals surface area contributed by atoms with E-state index in [0.717, 1.165) is 29.2 Å². The second-order valence-corrected chi connectivity index (χ2v) is 7.89. The molecule has 14 heteroatoms. The van der Waals surface area contributed by atoms with Gasteiger partial charge >= 0.3 is 12.4 Å². The summed E-state index contributed by atoms with van der Waals surface area (Å²) in [6.45, 7) is -0.285. The molecule has 1 aliphatic heterocycles. The van der Waals surface area contributed by atoms with Gasteiger partial charge in [-0.1, -0.05) is 0 Å². The molecule has 31 heavy (non-hydrogen) atoms. The number of hydrogen-bond acceptors (Lipinski definition) is 6. The largest absolute Gasteiger partial charge is 0.573 e.